The van der Waals surface area contributed by atoms with Crippen LogP contribution in [0.15, 0.2) is 21.7 Å². The van der Waals surface area contributed by atoms with E-state index in [2.05, 4.69) is 0 Å². The number of hydrogen-bond acceptors (Lipinski definition) is 3. The maximum atomic E-state index is 12.7. The van der Waals surface area contributed by atoms with Crippen molar-refractivity contribution in [3.63, 3.8) is 0 Å². The van der Waals surface area contributed by atoms with Gasteiger partial charge in [-0.1, -0.05) is 6.08 Å². The lowest BCUT2D eigenvalue weighted by Crippen LogP contribution is -2.55. The van der Waals surface area contributed by atoms with Crippen LogP contribution < -0.4 is 11.4 Å². The summed E-state index contributed by atoms with van der Waals surface area (Å²) in [5.41, 5.74) is -0.812. The van der Waals surface area contributed by atoms with Gasteiger partial charge in [-0.05, 0) is 36.2 Å². The van der Waals surface area contributed by atoms with E-state index >= 15 is 0 Å². The van der Waals surface area contributed by atoms with Gasteiger partial charge in [-0.15, -0.1) is 0 Å². The minimum Gasteiger partial charge on any atom is -0.294 e. The van der Waals surface area contributed by atoms with Crippen LogP contribution in [0, 0.1) is 34.5 Å². The van der Waals surface area contributed by atoms with Crippen molar-refractivity contribution in [3.8, 4) is 0 Å². The van der Waals surface area contributed by atoms with E-state index in [0.29, 0.717) is 23.7 Å². The van der Waals surface area contributed by atoms with Crippen LogP contribution in [0.1, 0.15) is 18.5 Å². The van der Waals surface area contributed by atoms with Crippen LogP contribution >= 0.6 is 0 Å². The summed E-state index contributed by atoms with van der Waals surface area (Å²) in [6.45, 7) is 0. The molecule has 8 atom stereocenters. The molecule has 21 heavy (non-hydrogen) atoms. The first kappa shape index (κ1) is 9.97. The first-order valence-electron chi connectivity index (χ1n) is 7.71. The monoisotopic (exact) mass is 283 g/mol. The molecule has 0 N–H and O–H groups in total. The highest BCUT2D eigenvalue weighted by molar-refractivity contribution is 6.02. The Morgan fingerprint density at radius 3 is 2.48 bits per heavy atom. The summed E-state index contributed by atoms with van der Waals surface area (Å²) in [4.78, 5) is 37.8. The zero-order valence-electron chi connectivity index (χ0n) is 11.4. The number of allylic oxidation sites excluding steroid dienone is 2. The molecule has 8 unspecified atom stereocenters. The third kappa shape index (κ3) is 0.557. The Morgan fingerprint density at radius 2 is 1.71 bits per heavy atom. The van der Waals surface area contributed by atoms with Gasteiger partial charge in [0.1, 0.15) is 0 Å². The van der Waals surface area contributed by atoms with E-state index < -0.39 is 0 Å². The molecule has 0 saturated heterocycles. The Kier molecular flexibility index (Phi) is 1.05. The third-order valence-corrected chi connectivity index (χ3v) is 7.89. The number of hydrogen-bond donors (Lipinski definition) is 0. The molecule has 1 aromatic heterocycles. The molecule has 2 spiro atoms. The van der Waals surface area contributed by atoms with E-state index in [1.165, 1.54) is 4.57 Å². The van der Waals surface area contributed by atoms with Crippen molar-refractivity contribution in [2.45, 2.75) is 18.5 Å². The minimum atomic E-state index is -0.339. The Bertz CT molecular complexity index is 964. The first-order valence-corrected chi connectivity index (χ1v) is 7.71. The summed E-state index contributed by atoms with van der Waals surface area (Å²) in [5.74, 6) is 2.24. The largest absolute Gasteiger partial charge is 0.347 e. The van der Waals surface area contributed by atoms with Crippen molar-refractivity contribution >= 4 is 5.78 Å². The summed E-state index contributed by atoms with van der Waals surface area (Å²) in [7, 11) is 1.55. The van der Waals surface area contributed by atoms with Crippen LogP contribution in [0.4, 0.5) is 0 Å². The van der Waals surface area contributed by atoms with Gasteiger partial charge in [-0.3, -0.25) is 4.79 Å². The fourth-order valence-corrected chi connectivity index (χ4v) is 7.73. The van der Waals surface area contributed by atoms with E-state index in [9.17, 15) is 14.4 Å². The average Bonchev–Trinajstić information content (AvgIpc) is 3.25. The number of ketones is 1. The predicted molar refractivity (Wildman–Crippen MR) is 69.6 cm³/mol. The van der Waals surface area contributed by atoms with Crippen LogP contribution in [0.3, 0.4) is 0 Å². The maximum absolute atomic E-state index is 12.7. The smallest absolute Gasteiger partial charge is 0.294 e. The van der Waals surface area contributed by atoms with Crippen LogP contribution in [0.2, 0.25) is 0 Å². The van der Waals surface area contributed by atoms with Gasteiger partial charge < -0.3 is 0 Å². The normalized spacial score (nSPS) is 58.2. The van der Waals surface area contributed by atoms with Crippen LogP contribution in [0.5, 0.6) is 0 Å². The second kappa shape index (κ2) is 2.21. The molecule has 3 heterocycles. The third-order valence-electron chi connectivity index (χ3n) is 7.89. The van der Waals surface area contributed by atoms with Crippen LogP contribution in [-0.2, 0) is 11.8 Å². The van der Waals surface area contributed by atoms with Crippen molar-refractivity contribution < 1.29 is 4.79 Å². The van der Waals surface area contributed by atoms with Gasteiger partial charge in [-0.25, -0.2) is 23.5 Å². The molecular weight excluding hydrogens is 270 g/mol. The van der Waals surface area contributed by atoms with Gasteiger partial charge >= 0.3 is 11.4 Å². The average molecular weight is 283 g/mol. The lowest BCUT2D eigenvalue weighted by molar-refractivity contribution is -0.129. The Hall–Kier alpha value is -1.85. The standard InChI is InChI=1S/C15H13N3O3/c1-16-12(20)17-10-7-6-8(7)11(18(17)13(16)21)15-5(19)3-2-4-14(10,15)9(6)15/h2-3,6-11H,4H2,1H3. The fraction of sp³-hybridized carbons (Fsp3) is 0.667. The molecule has 5 aliphatic carbocycles. The molecule has 106 valence electrons. The zero-order valence-corrected chi connectivity index (χ0v) is 11.4. The Morgan fingerprint density at radius 1 is 1.05 bits per heavy atom. The molecule has 6 heteroatoms. The number of aromatic nitrogens is 3. The number of carbonyl (C=O) groups excluding carboxylic acids is 1. The highest BCUT2D eigenvalue weighted by Crippen LogP contribution is 3.03. The van der Waals surface area contributed by atoms with E-state index in [-0.39, 0.29) is 40.1 Å². The van der Waals surface area contributed by atoms with Gasteiger partial charge in [0.15, 0.2) is 5.78 Å². The molecule has 8 rings (SSSR count). The Labute approximate surface area is 118 Å². The molecule has 7 aliphatic rings. The highest BCUT2D eigenvalue weighted by atomic mass is 16.2. The summed E-state index contributed by atoms with van der Waals surface area (Å²) in [5, 5.41) is 0. The lowest BCUT2D eigenvalue weighted by Gasteiger charge is -2.48. The molecule has 2 bridgehead atoms. The highest BCUT2D eigenvalue weighted by Gasteiger charge is 3.04. The number of nitrogens with zero attached hydrogens (tertiary/aromatic N) is 3. The molecular formula is C15H13N3O3. The summed E-state index contributed by atoms with van der Waals surface area (Å²) < 4.78 is 4.60. The first-order chi connectivity index (χ1) is 10.1. The van der Waals surface area contributed by atoms with Crippen molar-refractivity contribution in [2.75, 3.05) is 0 Å². The van der Waals surface area contributed by atoms with Gasteiger partial charge in [0.25, 0.3) is 0 Å². The predicted octanol–water partition coefficient (Wildman–Crippen LogP) is -0.535. The molecule has 6 nitrogen and oxygen atoms in total. The fourth-order valence-electron chi connectivity index (χ4n) is 7.73. The van der Waals surface area contributed by atoms with Crippen molar-refractivity contribution in [1.82, 2.24) is 13.9 Å². The Balaban J connectivity index is 1.70. The van der Waals surface area contributed by atoms with Gasteiger partial charge in [0.2, 0.25) is 0 Å². The quantitative estimate of drug-likeness (QED) is 0.642. The molecule has 4 saturated carbocycles. The summed E-state index contributed by atoms with van der Waals surface area (Å²) in [6.07, 6.45) is 4.63. The van der Waals surface area contributed by atoms with Gasteiger partial charge in [0, 0.05) is 12.5 Å². The molecule has 4 fully saturated rings. The number of rotatable bonds is 0. The molecule has 0 radical (unpaired) electrons. The van der Waals surface area contributed by atoms with Crippen LogP contribution in [-0.4, -0.2) is 19.7 Å². The van der Waals surface area contributed by atoms with Crippen molar-refractivity contribution in [1.29, 1.82) is 0 Å². The lowest BCUT2D eigenvalue weighted by atomic mass is 9.66. The molecule has 0 aromatic carbocycles. The second-order valence-electron chi connectivity index (χ2n) is 7.79. The van der Waals surface area contributed by atoms with Gasteiger partial charge in [0.05, 0.1) is 17.5 Å². The number of carbonyl (C=O) groups is 1. The van der Waals surface area contributed by atoms with E-state index in [1.54, 1.807) is 22.5 Å². The van der Waals surface area contributed by atoms with E-state index in [1.807, 2.05) is 6.08 Å². The second-order valence-corrected chi connectivity index (χ2v) is 7.79. The summed E-state index contributed by atoms with van der Waals surface area (Å²) in [6, 6.07) is 0.0270. The van der Waals surface area contributed by atoms with Crippen molar-refractivity contribution in [2.24, 2.45) is 41.5 Å². The topological polar surface area (TPSA) is 66.0 Å². The molecule has 1 aromatic rings. The zero-order chi connectivity index (χ0) is 14.0. The SMILES string of the molecule is Cn1c(=O)n2n(c1=O)C1C3C4C3C3C5(CC=CC(=O)C135)C42. The minimum absolute atomic E-state index is 0.0365. The van der Waals surface area contributed by atoms with Crippen LogP contribution in [0.25, 0.3) is 0 Å². The van der Waals surface area contributed by atoms with Crippen molar-refractivity contribution in [3.05, 3.63) is 33.1 Å². The maximum Gasteiger partial charge on any atom is 0.347 e. The van der Waals surface area contributed by atoms with E-state index in [4.69, 9.17) is 0 Å². The van der Waals surface area contributed by atoms with E-state index in [0.717, 1.165) is 6.42 Å². The summed E-state index contributed by atoms with van der Waals surface area (Å²) >= 11 is 0. The molecule has 0 amide bonds. The van der Waals surface area contributed by atoms with Gasteiger partial charge in [-0.2, -0.15) is 0 Å². The molecule has 2 aliphatic heterocycles.